The molecule has 6 heteroatoms. The molecule has 1 aliphatic rings. The number of halogens is 1. The Morgan fingerprint density at radius 2 is 2.00 bits per heavy atom. The number of hydrogen-bond donors (Lipinski definition) is 0. The van der Waals surface area contributed by atoms with Gasteiger partial charge in [-0.05, 0) is 26.1 Å². The van der Waals surface area contributed by atoms with Crippen LogP contribution in [0.15, 0.2) is 18.2 Å². The number of alkyl halides is 1. The number of hydrogen-bond acceptors (Lipinski definition) is 4. The Labute approximate surface area is 129 Å². The van der Waals surface area contributed by atoms with Crippen molar-refractivity contribution >= 4 is 22.6 Å². The minimum Gasteiger partial charge on any atom is -0.308 e. The lowest BCUT2D eigenvalue weighted by atomic mass is 10.2. The van der Waals surface area contributed by atoms with E-state index >= 15 is 0 Å². The summed E-state index contributed by atoms with van der Waals surface area (Å²) in [5.74, 6) is 0.805. The molecule has 1 fully saturated rings. The Balaban J connectivity index is 2.15. The van der Waals surface area contributed by atoms with Gasteiger partial charge in [0.1, 0.15) is 17.4 Å². The minimum atomic E-state index is -0.205. The Hall–Kier alpha value is -1.77. The topological polar surface area (TPSA) is 48.1 Å². The number of piperazine rings is 1. The van der Waals surface area contributed by atoms with Crippen LogP contribution in [0.25, 0.3) is 11.0 Å². The molecule has 3 rings (SSSR count). The number of imidazole rings is 1. The average molecular weight is 304 g/mol. The van der Waals surface area contributed by atoms with Crippen LogP contribution < -0.4 is 5.01 Å². The van der Waals surface area contributed by atoms with E-state index in [2.05, 4.69) is 32.7 Å². The molecule has 2 aromatic rings. The normalized spacial score (nSPS) is 17.9. The third-order valence-corrected chi connectivity index (χ3v) is 4.12. The summed E-state index contributed by atoms with van der Waals surface area (Å²) >= 11 is 6.32. The fraction of sp³-hybridized carbons (Fsp3) is 0.467. The van der Waals surface area contributed by atoms with E-state index in [0.717, 1.165) is 43.0 Å². The predicted molar refractivity (Wildman–Crippen MR) is 84.2 cm³/mol. The standard InChI is InChI=1S/C15H18ClN5/c1-11(16)15-18-14-12(10-17)4-3-5-13(14)21(15)20-8-6-19(2)7-9-20/h3-5,11H,6-9H2,1-2H3. The van der Waals surface area contributed by atoms with Crippen LogP contribution in [-0.2, 0) is 0 Å². The van der Waals surface area contributed by atoms with Crippen molar-refractivity contribution in [3.63, 3.8) is 0 Å². The van der Waals surface area contributed by atoms with Crippen LogP contribution in [-0.4, -0.2) is 47.8 Å². The first-order chi connectivity index (χ1) is 10.1. The summed E-state index contributed by atoms with van der Waals surface area (Å²) in [5.41, 5.74) is 2.29. The van der Waals surface area contributed by atoms with E-state index in [1.54, 1.807) is 6.07 Å². The first-order valence-electron chi connectivity index (χ1n) is 7.11. The number of nitriles is 1. The number of para-hydroxylation sites is 1. The number of rotatable bonds is 2. The quantitative estimate of drug-likeness (QED) is 0.797. The summed E-state index contributed by atoms with van der Waals surface area (Å²) < 4.78 is 2.10. The Kier molecular flexibility index (Phi) is 3.75. The van der Waals surface area contributed by atoms with Gasteiger partial charge in [-0.2, -0.15) is 5.26 Å². The molecule has 1 aliphatic heterocycles. The highest BCUT2D eigenvalue weighted by atomic mass is 35.5. The molecule has 1 aromatic carbocycles. The van der Waals surface area contributed by atoms with E-state index in [4.69, 9.17) is 11.6 Å². The lowest BCUT2D eigenvalue weighted by molar-refractivity contribution is 0.287. The number of nitrogens with zero attached hydrogens (tertiary/aromatic N) is 5. The minimum absolute atomic E-state index is 0.205. The smallest absolute Gasteiger partial charge is 0.146 e. The van der Waals surface area contributed by atoms with E-state index in [0.29, 0.717) is 5.56 Å². The van der Waals surface area contributed by atoms with Crippen molar-refractivity contribution in [1.82, 2.24) is 14.6 Å². The first kappa shape index (κ1) is 14.2. The molecule has 1 atom stereocenters. The fourth-order valence-electron chi connectivity index (χ4n) is 2.75. The largest absolute Gasteiger partial charge is 0.308 e. The summed E-state index contributed by atoms with van der Waals surface area (Å²) in [4.78, 5) is 6.94. The van der Waals surface area contributed by atoms with Gasteiger partial charge in [-0.15, -0.1) is 11.6 Å². The first-order valence-corrected chi connectivity index (χ1v) is 7.54. The molecule has 0 radical (unpaired) electrons. The van der Waals surface area contributed by atoms with Crippen LogP contribution in [0.5, 0.6) is 0 Å². The molecule has 0 spiro atoms. The molecule has 0 N–H and O–H groups in total. The molecule has 0 amide bonds. The van der Waals surface area contributed by atoms with Crippen molar-refractivity contribution in [1.29, 1.82) is 5.26 Å². The monoisotopic (exact) mass is 303 g/mol. The van der Waals surface area contributed by atoms with Gasteiger partial charge in [-0.25, -0.2) is 9.66 Å². The molecule has 1 unspecified atom stereocenters. The summed E-state index contributed by atoms with van der Waals surface area (Å²) in [6, 6.07) is 7.92. The van der Waals surface area contributed by atoms with E-state index < -0.39 is 0 Å². The second kappa shape index (κ2) is 5.55. The van der Waals surface area contributed by atoms with Crippen LogP contribution in [0.1, 0.15) is 23.7 Å². The molecule has 110 valence electrons. The summed E-state index contributed by atoms with van der Waals surface area (Å²) in [6.45, 7) is 5.79. The number of aromatic nitrogens is 2. The summed E-state index contributed by atoms with van der Waals surface area (Å²) in [6.07, 6.45) is 0. The van der Waals surface area contributed by atoms with Crippen LogP contribution in [0.3, 0.4) is 0 Å². The van der Waals surface area contributed by atoms with Crippen molar-refractivity contribution in [2.24, 2.45) is 0 Å². The molecule has 0 saturated carbocycles. The maximum absolute atomic E-state index is 9.27. The van der Waals surface area contributed by atoms with Crippen LogP contribution in [0.4, 0.5) is 0 Å². The molecule has 1 saturated heterocycles. The molecule has 5 nitrogen and oxygen atoms in total. The third-order valence-electron chi connectivity index (χ3n) is 3.93. The van der Waals surface area contributed by atoms with Crippen LogP contribution >= 0.6 is 11.6 Å². The van der Waals surface area contributed by atoms with Crippen molar-refractivity contribution in [3.8, 4) is 6.07 Å². The van der Waals surface area contributed by atoms with Gasteiger partial charge in [-0.3, -0.25) is 0 Å². The fourth-order valence-corrected chi connectivity index (χ4v) is 2.89. The zero-order valence-electron chi connectivity index (χ0n) is 12.3. The van der Waals surface area contributed by atoms with Crippen molar-refractivity contribution < 1.29 is 0 Å². The van der Waals surface area contributed by atoms with E-state index in [-0.39, 0.29) is 5.38 Å². The summed E-state index contributed by atoms with van der Waals surface area (Å²) in [5, 5.41) is 11.3. The van der Waals surface area contributed by atoms with Gasteiger partial charge in [0.05, 0.1) is 16.5 Å². The zero-order valence-corrected chi connectivity index (χ0v) is 13.0. The van der Waals surface area contributed by atoms with Gasteiger partial charge < -0.3 is 9.91 Å². The molecule has 0 bridgehead atoms. The number of fused-ring (bicyclic) bond motifs is 1. The lowest BCUT2D eigenvalue weighted by Gasteiger charge is -2.35. The lowest BCUT2D eigenvalue weighted by Crippen LogP contribution is -2.50. The Morgan fingerprint density at radius 1 is 1.29 bits per heavy atom. The second-order valence-electron chi connectivity index (χ2n) is 5.44. The van der Waals surface area contributed by atoms with E-state index in [1.807, 2.05) is 19.1 Å². The number of benzene rings is 1. The van der Waals surface area contributed by atoms with Gasteiger partial charge in [0.2, 0.25) is 0 Å². The zero-order chi connectivity index (χ0) is 15.0. The molecule has 1 aromatic heterocycles. The van der Waals surface area contributed by atoms with Crippen molar-refractivity contribution in [2.45, 2.75) is 12.3 Å². The molecule has 21 heavy (non-hydrogen) atoms. The Bertz CT molecular complexity index is 692. The highest BCUT2D eigenvalue weighted by Gasteiger charge is 2.23. The molecular formula is C15H18ClN5. The molecular weight excluding hydrogens is 286 g/mol. The molecule has 0 aliphatic carbocycles. The van der Waals surface area contributed by atoms with E-state index in [9.17, 15) is 5.26 Å². The maximum Gasteiger partial charge on any atom is 0.146 e. The van der Waals surface area contributed by atoms with Gasteiger partial charge in [0, 0.05) is 26.2 Å². The van der Waals surface area contributed by atoms with E-state index in [1.165, 1.54) is 0 Å². The van der Waals surface area contributed by atoms with Crippen LogP contribution in [0, 0.1) is 11.3 Å². The number of likely N-dealkylation sites (N-methyl/N-ethyl adjacent to an activating group) is 1. The summed E-state index contributed by atoms with van der Waals surface area (Å²) in [7, 11) is 2.13. The van der Waals surface area contributed by atoms with Crippen LogP contribution in [0.2, 0.25) is 0 Å². The average Bonchev–Trinajstić information content (AvgIpc) is 2.87. The predicted octanol–water partition coefficient (Wildman–Crippen LogP) is 2.09. The highest BCUT2D eigenvalue weighted by molar-refractivity contribution is 6.20. The highest BCUT2D eigenvalue weighted by Crippen LogP contribution is 2.27. The second-order valence-corrected chi connectivity index (χ2v) is 6.09. The maximum atomic E-state index is 9.27. The van der Waals surface area contributed by atoms with Gasteiger partial charge in [-0.1, -0.05) is 6.07 Å². The van der Waals surface area contributed by atoms with Gasteiger partial charge >= 0.3 is 0 Å². The third kappa shape index (κ3) is 2.45. The van der Waals surface area contributed by atoms with Gasteiger partial charge in [0.25, 0.3) is 0 Å². The van der Waals surface area contributed by atoms with Crippen molar-refractivity contribution in [2.75, 3.05) is 38.2 Å². The Morgan fingerprint density at radius 3 is 2.62 bits per heavy atom. The molecule has 2 heterocycles. The van der Waals surface area contributed by atoms with Gasteiger partial charge in [0.15, 0.2) is 0 Å². The SMILES string of the molecule is CC(Cl)c1nc2c(C#N)cccc2n1N1CCN(C)CC1. The van der Waals surface area contributed by atoms with Crippen molar-refractivity contribution in [3.05, 3.63) is 29.6 Å².